The predicted molar refractivity (Wildman–Crippen MR) is 76.1 cm³/mol. The zero-order valence-corrected chi connectivity index (χ0v) is 11.3. The largest absolute Gasteiger partial charge is 0.315 e. The fourth-order valence-corrected chi connectivity index (χ4v) is 2.47. The van der Waals surface area contributed by atoms with E-state index in [1.54, 1.807) is 0 Å². The molecular weight excluding hydrogens is 244 g/mol. The second-order valence-electron chi connectivity index (χ2n) is 4.45. The van der Waals surface area contributed by atoms with Crippen molar-refractivity contribution in [1.29, 1.82) is 0 Å². The summed E-state index contributed by atoms with van der Waals surface area (Å²) < 4.78 is 0. The van der Waals surface area contributed by atoms with Crippen LogP contribution in [0.4, 0.5) is 0 Å². The lowest BCUT2D eigenvalue weighted by Gasteiger charge is -2.11. The second kappa shape index (κ2) is 6.52. The van der Waals surface area contributed by atoms with Gasteiger partial charge in [0.2, 0.25) is 0 Å². The highest BCUT2D eigenvalue weighted by atomic mass is 32.1. The van der Waals surface area contributed by atoms with Crippen LogP contribution in [-0.4, -0.2) is 11.5 Å². The van der Waals surface area contributed by atoms with Gasteiger partial charge in [-0.3, -0.25) is 4.79 Å². The van der Waals surface area contributed by atoms with Crippen LogP contribution in [0.1, 0.15) is 30.5 Å². The number of hydrogen-bond donors (Lipinski definition) is 2. The molecule has 0 aliphatic heterocycles. The van der Waals surface area contributed by atoms with E-state index in [1.807, 2.05) is 11.4 Å². The summed E-state index contributed by atoms with van der Waals surface area (Å²) in [7, 11) is 0. The zero-order chi connectivity index (χ0) is 12.8. The van der Waals surface area contributed by atoms with Crippen molar-refractivity contribution >= 4 is 11.3 Å². The fraction of sp³-hybridized carbons (Fsp3) is 0.357. The molecule has 1 aromatic carbocycles. The van der Waals surface area contributed by atoms with Crippen LogP contribution in [0.15, 0.2) is 40.5 Å². The van der Waals surface area contributed by atoms with Gasteiger partial charge in [-0.25, -0.2) is 0 Å². The van der Waals surface area contributed by atoms with Crippen LogP contribution in [0.25, 0.3) is 0 Å². The van der Waals surface area contributed by atoms with Crippen LogP contribution in [0.3, 0.4) is 0 Å². The van der Waals surface area contributed by atoms with E-state index in [0.29, 0.717) is 5.92 Å². The maximum Gasteiger partial charge on any atom is 0.304 e. The number of rotatable bonds is 6. The second-order valence-corrected chi connectivity index (χ2v) is 5.29. The summed E-state index contributed by atoms with van der Waals surface area (Å²) in [6.07, 6.45) is 1.10. The first-order valence-corrected chi connectivity index (χ1v) is 7.06. The summed E-state index contributed by atoms with van der Waals surface area (Å²) in [5.74, 6) is 0.556. The Morgan fingerprint density at radius 1 is 1.33 bits per heavy atom. The van der Waals surface area contributed by atoms with Gasteiger partial charge >= 0.3 is 4.87 Å². The molecule has 0 aliphatic carbocycles. The van der Waals surface area contributed by atoms with Crippen LogP contribution in [-0.2, 0) is 6.54 Å². The highest BCUT2D eigenvalue weighted by molar-refractivity contribution is 7.07. The minimum Gasteiger partial charge on any atom is -0.315 e. The summed E-state index contributed by atoms with van der Waals surface area (Å²) in [5.41, 5.74) is 2.35. The molecule has 0 fully saturated rings. The lowest BCUT2D eigenvalue weighted by Crippen LogP contribution is -2.17. The average Bonchev–Trinajstić information content (AvgIpc) is 2.81. The van der Waals surface area contributed by atoms with Gasteiger partial charge in [0.25, 0.3) is 0 Å². The van der Waals surface area contributed by atoms with Crippen molar-refractivity contribution in [3.63, 3.8) is 0 Å². The monoisotopic (exact) mass is 262 g/mol. The van der Waals surface area contributed by atoms with Crippen LogP contribution < -0.4 is 10.2 Å². The maximum absolute atomic E-state index is 11.0. The molecule has 2 N–H and O–H groups in total. The van der Waals surface area contributed by atoms with E-state index in [0.717, 1.165) is 25.2 Å². The lowest BCUT2D eigenvalue weighted by atomic mass is 9.98. The van der Waals surface area contributed by atoms with Crippen LogP contribution >= 0.6 is 11.3 Å². The Morgan fingerprint density at radius 3 is 2.78 bits per heavy atom. The van der Waals surface area contributed by atoms with Gasteiger partial charge in [0.15, 0.2) is 0 Å². The Kier molecular flexibility index (Phi) is 4.73. The minimum atomic E-state index is 0.0180. The number of H-pyrrole nitrogens is 1. The normalized spacial score (nSPS) is 12.5. The van der Waals surface area contributed by atoms with Crippen molar-refractivity contribution < 1.29 is 0 Å². The standard InChI is InChI=1S/C14H18N2OS/c1-11(12-5-3-2-4-6-12)7-8-15-9-13-10-18-14(17)16-13/h2-6,10-11,15H,7-9H2,1H3,(H,16,17). The first-order chi connectivity index (χ1) is 8.75. The van der Waals surface area contributed by atoms with Crippen molar-refractivity contribution in [2.24, 2.45) is 0 Å². The number of nitrogens with one attached hydrogen (secondary N) is 2. The van der Waals surface area contributed by atoms with Crippen molar-refractivity contribution in [3.8, 4) is 0 Å². The Balaban J connectivity index is 1.71. The summed E-state index contributed by atoms with van der Waals surface area (Å²) in [6, 6.07) is 10.5. The molecule has 0 amide bonds. The molecule has 0 saturated heterocycles. The van der Waals surface area contributed by atoms with Gasteiger partial charge in [-0.1, -0.05) is 48.6 Å². The van der Waals surface area contributed by atoms with E-state index in [-0.39, 0.29) is 4.87 Å². The minimum absolute atomic E-state index is 0.0180. The molecule has 3 nitrogen and oxygen atoms in total. The van der Waals surface area contributed by atoms with Gasteiger partial charge < -0.3 is 10.3 Å². The van der Waals surface area contributed by atoms with E-state index < -0.39 is 0 Å². The molecule has 0 aliphatic rings. The summed E-state index contributed by atoms with van der Waals surface area (Å²) in [5, 5.41) is 5.22. The molecule has 1 atom stereocenters. The molecule has 1 heterocycles. The first-order valence-electron chi connectivity index (χ1n) is 6.18. The van der Waals surface area contributed by atoms with Crippen molar-refractivity contribution in [2.45, 2.75) is 25.8 Å². The Bertz CT molecular complexity index is 518. The highest BCUT2D eigenvalue weighted by Crippen LogP contribution is 2.17. The smallest absolute Gasteiger partial charge is 0.304 e. The van der Waals surface area contributed by atoms with Crippen molar-refractivity contribution in [2.75, 3.05) is 6.54 Å². The third kappa shape index (κ3) is 3.82. The molecule has 18 heavy (non-hydrogen) atoms. The molecule has 0 bridgehead atoms. The number of benzene rings is 1. The fourth-order valence-electron chi connectivity index (χ4n) is 1.89. The summed E-state index contributed by atoms with van der Waals surface area (Å²) in [4.78, 5) is 13.8. The molecule has 4 heteroatoms. The molecule has 96 valence electrons. The Hall–Kier alpha value is -1.39. The van der Waals surface area contributed by atoms with Crippen molar-refractivity contribution in [3.05, 3.63) is 56.6 Å². The number of aromatic amines is 1. The molecule has 1 unspecified atom stereocenters. The van der Waals surface area contributed by atoms with Crippen LogP contribution in [0.2, 0.25) is 0 Å². The van der Waals surface area contributed by atoms with Crippen LogP contribution in [0.5, 0.6) is 0 Å². The highest BCUT2D eigenvalue weighted by Gasteiger charge is 2.04. The number of hydrogen-bond acceptors (Lipinski definition) is 3. The summed E-state index contributed by atoms with van der Waals surface area (Å²) >= 11 is 1.21. The van der Waals surface area contributed by atoms with Crippen molar-refractivity contribution in [1.82, 2.24) is 10.3 Å². The topological polar surface area (TPSA) is 44.9 Å². The number of aromatic nitrogens is 1. The molecule has 2 rings (SSSR count). The molecule has 1 aromatic heterocycles. The van der Waals surface area contributed by atoms with E-state index in [2.05, 4.69) is 41.5 Å². The van der Waals surface area contributed by atoms with Gasteiger partial charge in [-0.15, -0.1) is 0 Å². The Labute approximate surface area is 111 Å². The van der Waals surface area contributed by atoms with Gasteiger partial charge in [0, 0.05) is 17.6 Å². The molecular formula is C14H18N2OS. The third-order valence-corrected chi connectivity index (χ3v) is 3.73. The van der Waals surface area contributed by atoms with E-state index >= 15 is 0 Å². The quantitative estimate of drug-likeness (QED) is 0.786. The summed E-state index contributed by atoms with van der Waals surface area (Å²) in [6.45, 7) is 3.93. The van der Waals surface area contributed by atoms with E-state index in [4.69, 9.17) is 0 Å². The van der Waals surface area contributed by atoms with Crippen LogP contribution in [0, 0.1) is 0 Å². The zero-order valence-electron chi connectivity index (χ0n) is 10.5. The lowest BCUT2D eigenvalue weighted by molar-refractivity contribution is 0.590. The molecule has 0 saturated carbocycles. The number of thiazole rings is 1. The van der Waals surface area contributed by atoms with E-state index in [9.17, 15) is 4.79 Å². The predicted octanol–water partition coefficient (Wildman–Crippen LogP) is 2.72. The van der Waals surface area contributed by atoms with Gasteiger partial charge in [0.05, 0.1) is 0 Å². The van der Waals surface area contributed by atoms with Gasteiger partial charge in [-0.05, 0) is 24.4 Å². The SMILES string of the molecule is CC(CCNCc1csc(=O)[nH]1)c1ccccc1. The molecule has 0 radical (unpaired) electrons. The van der Waals surface area contributed by atoms with Gasteiger partial charge in [0.1, 0.15) is 0 Å². The third-order valence-electron chi connectivity index (χ3n) is 3.01. The van der Waals surface area contributed by atoms with Gasteiger partial charge in [-0.2, -0.15) is 0 Å². The maximum atomic E-state index is 11.0. The first kappa shape index (κ1) is 13.1. The Morgan fingerprint density at radius 2 is 2.11 bits per heavy atom. The molecule has 0 spiro atoms. The molecule has 2 aromatic rings. The van der Waals surface area contributed by atoms with E-state index in [1.165, 1.54) is 16.9 Å². The average molecular weight is 262 g/mol.